The van der Waals surface area contributed by atoms with E-state index in [9.17, 15) is 21.6 Å². The smallest absolute Gasteiger partial charge is 0.352 e. The van der Waals surface area contributed by atoms with Gasteiger partial charge in [0.2, 0.25) is 0 Å². The van der Waals surface area contributed by atoms with E-state index in [1.165, 1.54) is 0 Å². The Morgan fingerprint density at radius 1 is 1.31 bits per heavy atom. The second-order valence-electron chi connectivity index (χ2n) is 3.09. The minimum absolute atomic E-state index is 0.0813. The summed E-state index contributed by atoms with van der Waals surface area (Å²) < 4.78 is 68.3. The summed E-state index contributed by atoms with van der Waals surface area (Å²) in [5.41, 5.74) is -5.39. The van der Waals surface area contributed by atoms with Gasteiger partial charge in [-0.05, 0) is 0 Å². The fourth-order valence-corrected chi connectivity index (χ4v) is 1.84. The van der Waals surface area contributed by atoms with Gasteiger partial charge < -0.3 is 4.18 Å². The molecule has 0 N–H and O–H groups in total. The van der Waals surface area contributed by atoms with Gasteiger partial charge in [0, 0.05) is 5.92 Å². The van der Waals surface area contributed by atoms with Crippen LogP contribution in [0.2, 0.25) is 0 Å². The van der Waals surface area contributed by atoms with Crippen LogP contribution in [-0.2, 0) is 10.1 Å². The summed E-state index contributed by atoms with van der Waals surface area (Å²) in [4.78, 5) is 0. The van der Waals surface area contributed by atoms with E-state index in [0.29, 0.717) is 11.7 Å². The van der Waals surface area contributed by atoms with Crippen LogP contribution in [0.4, 0.5) is 13.2 Å². The third-order valence-corrected chi connectivity index (χ3v) is 2.97. The first-order chi connectivity index (χ1) is 7.15. The van der Waals surface area contributed by atoms with Gasteiger partial charge >= 0.3 is 15.6 Å². The normalized spacial score (nSPS) is 13.1. The number of hydrogen-bond acceptors (Lipinski definition) is 6. The monoisotopic (exact) mass is 276 g/mol. The molecule has 0 saturated carbocycles. The van der Waals surface area contributed by atoms with Gasteiger partial charge in [0.15, 0.2) is 0 Å². The van der Waals surface area contributed by atoms with Gasteiger partial charge in [-0.25, -0.2) is 0 Å². The zero-order chi connectivity index (χ0) is 12.6. The van der Waals surface area contributed by atoms with Crippen LogP contribution in [0.3, 0.4) is 0 Å². The highest BCUT2D eigenvalue weighted by atomic mass is 32.2. The summed E-state index contributed by atoms with van der Waals surface area (Å²) in [6, 6.07) is 0. The Morgan fingerprint density at radius 2 is 1.88 bits per heavy atom. The predicted octanol–water partition coefficient (Wildman–Crippen LogP) is 1.89. The first-order valence-electron chi connectivity index (χ1n) is 3.98. The molecule has 0 unspecified atom stereocenters. The summed E-state index contributed by atoms with van der Waals surface area (Å²) in [7, 11) is -5.67. The van der Waals surface area contributed by atoms with Crippen molar-refractivity contribution in [1.29, 1.82) is 0 Å². The van der Waals surface area contributed by atoms with Crippen LogP contribution in [0.25, 0.3) is 0 Å². The molecule has 0 aliphatic carbocycles. The number of rotatable bonds is 3. The molecule has 0 spiro atoms. The Morgan fingerprint density at radius 3 is 2.31 bits per heavy atom. The van der Waals surface area contributed by atoms with E-state index in [4.69, 9.17) is 0 Å². The van der Waals surface area contributed by atoms with E-state index in [1.54, 1.807) is 13.8 Å². The van der Waals surface area contributed by atoms with Gasteiger partial charge in [0.05, 0.1) is 11.7 Å². The van der Waals surface area contributed by atoms with Crippen molar-refractivity contribution in [3.05, 3.63) is 5.69 Å². The van der Waals surface area contributed by atoms with Crippen LogP contribution < -0.4 is 4.18 Å². The lowest BCUT2D eigenvalue weighted by Gasteiger charge is -2.08. The van der Waals surface area contributed by atoms with Crippen molar-refractivity contribution in [2.75, 3.05) is 0 Å². The van der Waals surface area contributed by atoms with Crippen LogP contribution in [-0.4, -0.2) is 22.7 Å². The topological polar surface area (TPSA) is 69.2 Å². The molecule has 0 saturated heterocycles. The van der Waals surface area contributed by atoms with Crippen LogP contribution >= 0.6 is 11.7 Å². The van der Waals surface area contributed by atoms with Crippen molar-refractivity contribution >= 4 is 21.8 Å². The Bertz CT molecular complexity index is 466. The van der Waals surface area contributed by atoms with E-state index >= 15 is 0 Å². The highest BCUT2D eigenvalue weighted by Crippen LogP contribution is 2.30. The number of nitrogens with zero attached hydrogens (tertiary/aromatic N) is 2. The summed E-state index contributed by atoms with van der Waals surface area (Å²) in [6.45, 7) is 3.26. The van der Waals surface area contributed by atoms with Gasteiger partial charge in [-0.15, -0.1) is 4.37 Å². The molecular weight excluding hydrogens is 269 g/mol. The molecule has 0 bridgehead atoms. The lowest BCUT2D eigenvalue weighted by molar-refractivity contribution is -0.0501. The van der Waals surface area contributed by atoms with Crippen LogP contribution in [0.1, 0.15) is 25.5 Å². The molecule has 10 heteroatoms. The molecule has 0 radical (unpaired) electrons. The number of alkyl halides is 3. The van der Waals surface area contributed by atoms with E-state index < -0.39 is 21.5 Å². The lowest BCUT2D eigenvalue weighted by Crippen LogP contribution is -2.28. The van der Waals surface area contributed by atoms with E-state index in [-0.39, 0.29) is 11.6 Å². The summed E-state index contributed by atoms with van der Waals surface area (Å²) in [5.74, 6) is -0.894. The average molecular weight is 276 g/mol. The quantitative estimate of drug-likeness (QED) is 0.623. The summed E-state index contributed by atoms with van der Waals surface area (Å²) in [6.07, 6.45) is 0. The first-order valence-corrected chi connectivity index (χ1v) is 6.12. The molecule has 92 valence electrons. The van der Waals surface area contributed by atoms with Gasteiger partial charge in [0.25, 0.3) is 5.88 Å². The summed E-state index contributed by atoms with van der Waals surface area (Å²) >= 11 is 0.589. The maximum Gasteiger partial charge on any atom is 0.534 e. The number of halogens is 3. The van der Waals surface area contributed by atoms with E-state index in [0.717, 1.165) is 0 Å². The molecule has 0 atom stereocenters. The standard InChI is InChI=1S/C6H7F3N2O3S2/c1-3(2)4-5(11-15-10-4)14-16(12,13)6(7,8)9/h3H,1-2H3. The first kappa shape index (κ1) is 13.2. The Balaban J connectivity index is 3.03. The zero-order valence-electron chi connectivity index (χ0n) is 8.15. The molecule has 0 aromatic carbocycles. The van der Waals surface area contributed by atoms with E-state index in [1.807, 2.05) is 0 Å². The highest BCUT2D eigenvalue weighted by Gasteiger charge is 2.49. The fraction of sp³-hybridized carbons (Fsp3) is 0.667. The van der Waals surface area contributed by atoms with Crippen molar-refractivity contribution < 1.29 is 25.8 Å². The maximum absolute atomic E-state index is 12.0. The van der Waals surface area contributed by atoms with Crippen molar-refractivity contribution in [2.24, 2.45) is 0 Å². The fourth-order valence-electron chi connectivity index (χ4n) is 0.749. The van der Waals surface area contributed by atoms with Crippen LogP contribution in [0, 0.1) is 0 Å². The maximum atomic E-state index is 12.0. The SMILES string of the molecule is CC(C)c1nsnc1OS(=O)(=O)C(F)(F)F. The Hall–Kier alpha value is -0.900. The Kier molecular flexibility index (Phi) is 3.43. The molecule has 0 fully saturated rings. The molecule has 1 rings (SSSR count). The molecule has 0 aliphatic heterocycles. The van der Waals surface area contributed by atoms with Crippen molar-refractivity contribution in [3.8, 4) is 5.88 Å². The molecule has 1 aromatic heterocycles. The molecule has 5 nitrogen and oxygen atoms in total. The molecular formula is C6H7F3N2O3S2. The number of hydrogen-bond donors (Lipinski definition) is 0. The molecule has 1 aromatic rings. The molecule has 1 heterocycles. The number of aromatic nitrogens is 2. The van der Waals surface area contributed by atoms with Crippen molar-refractivity contribution in [2.45, 2.75) is 25.3 Å². The third kappa shape index (κ3) is 2.61. The van der Waals surface area contributed by atoms with Crippen molar-refractivity contribution in [1.82, 2.24) is 8.75 Å². The van der Waals surface area contributed by atoms with Gasteiger partial charge in [-0.1, -0.05) is 13.8 Å². The molecule has 16 heavy (non-hydrogen) atoms. The minimum Gasteiger partial charge on any atom is -0.352 e. The Labute approximate surface area is 93.7 Å². The molecule has 0 amide bonds. The average Bonchev–Trinajstić information content (AvgIpc) is 2.49. The van der Waals surface area contributed by atoms with Crippen molar-refractivity contribution in [3.63, 3.8) is 0 Å². The lowest BCUT2D eigenvalue weighted by atomic mass is 10.1. The minimum atomic E-state index is -5.67. The van der Waals surface area contributed by atoms with Crippen LogP contribution in [0.5, 0.6) is 5.88 Å². The largest absolute Gasteiger partial charge is 0.534 e. The van der Waals surface area contributed by atoms with Crippen LogP contribution in [0.15, 0.2) is 0 Å². The van der Waals surface area contributed by atoms with Gasteiger partial charge in [-0.3, -0.25) is 0 Å². The second kappa shape index (κ2) is 4.17. The molecule has 0 aliphatic rings. The van der Waals surface area contributed by atoms with Gasteiger partial charge in [0.1, 0.15) is 5.69 Å². The predicted molar refractivity (Wildman–Crippen MR) is 49.6 cm³/mol. The third-order valence-electron chi connectivity index (χ3n) is 1.50. The summed E-state index contributed by atoms with van der Waals surface area (Å²) in [5, 5.41) is 0. The highest BCUT2D eigenvalue weighted by molar-refractivity contribution is 7.88. The van der Waals surface area contributed by atoms with E-state index in [2.05, 4.69) is 12.9 Å². The zero-order valence-corrected chi connectivity index (χ0v) is 9.78. The second-order valence-corrected chi connectivity index (χ2v) is 5.16. The van der Waals surface area contributed by atoms with Gasteiger partial charge in [-0.2, -0.15) is 26.0 Å².